The van der Waals surface area contributed by atoms with E-state index in [0.717, 1.165) is 6.07 Å². The summed E-state index contributed by atoms with van der Waals surface area (Å²) >= 11 is 0. The number of nitrogens with one attached hydrogen (secondary N) is 1. The molecule has 20 heavy (non-hydrogen) atoms. The summed E-state index contributed by atoms with van der Waals surface area (Å²) in [4.78, 5) is 10.1. The number of nitro groups is 1. The summed E-state index contributed by atoms with van der Waals surface area (Å²) < 4.78 is 18.9. The summed E-state index contributed by atoms with van der Waals surface area (Å²) in [5.41, 5.74) is -1.02. The van der Waals surface area contributed by atoms with Crippen LogP contribution < -0.4 is 10.1 Å². The topological polar surface area (TPSA) is 84.6 Å². The van der Waals surface area contributed by atoms with Gasteiger partial charge in [-0.25, -0.2) is 4.39 Å². The molecule has 0 bridgehead atoms. The van der Waals surface area contributed by atoms with E-state index in [4.69, 9.17) is 4.74 Å². The first kappa shape index (κ1) is 16.2. The number of ether oxygens (including phenoxy) is 1. The molecule has 1 aromatic carbocycles. The van der Waals surface area contributed by atoms with Crippen molar-refractivity contribution < 1.29 is 19.2 Å². The highest BCUT2D eigenvalue weighted by Gasteiger charge is 2.28. The number of anilines is 1. The van der Waals surface area contributed by atoms with Gasteiger partial charge in [-0.15, -0.1) is 0 Å². The Morgan fingerprint density at radius 2 is 2.05 bits per heavy atom. The van der Waals surface area contributed by atoms with Crippen molar-refractivity contribution in [3.05, 3.63) is 28.1 Å². The van der Waals surface area contributed by atoms with Gasteiger partial charge in [0.15, 0.2) is 11.6 Å². The third-order valence-corrected chi connectivity index (χ3v) is 3.52. The fourth-order valence-corrected chi connectivity index (χ4v) is 1.92. The van der Waals surface area contributed by atoms with Crippen molar-refractivity contribution >= 4 is 11.4 Å². The molecule has 0 aromatic heterocycles. The van der Waals surface area contributed by atoms with Crippen LogP contribution >= 0.6 is 0 Å². The van der Waals surface area contributed by atoms with E-state index in [0.29, 0.717) is 12.8 Å². The molecule has 1 aromatic rings. The average Bonchev–Trinajstić information content (AvgIpc) is 2.46. The Kier molecular flexibility index (Phi) is 5.26. The van der Waals surface area contributed by atoms with Crippen LogP contribution in [0.15, 0.2) is 12.1 Å². The van der Waals surface area contributed by atoms with Gasteiger partial charge in [-0.3, -0.25) is 10.1 Å². The second-order valence-electron chi connectivity index (χ2n) is 4.53. The fraction of sp³-hybridized carbons (Fsp3) is 0.538. The molecule has 0 spiro atoms. The molecule has 112 valence electrons. The molecule has 7 heteroatoms. The number of benzene rings is 1. The Balaban J connectivity index is 3.23. The Hall–Kier alpha value is -1.89. The van der Waals surface area contributed by atoms with Crippen LogP contribution in [0.2, 0.25) is 0 Å². The van der Waals surface area contributed by atoms with Crippen LogP contribution in [0.3, 0.4) is 0 Å². The highest BCUT2D eigenvalue weighted by molar-refractivity contribution is 5.60. The zero-order valence-corrected chi connectivity index (χ0v) is 11.8. The van der Waals surface area contributed by atoms with Crippen molar-refractivity contribution in [1.82, 2.24) is 0 Å². The van der Waals surface area contributed by atoms with E-state index in [1.165, 1.54) is 13.2 Å². The molecule has 0 saturated heterocycles. The number of aliphatic hydroxyl groups excluding tert-OH is 1. The first-order valence-electron chi connectivity index (χ1n) is 6.34. The Morgan fingerprint density at radius 3 is 2.45 bits per heavy atom. The summed E-state index contributed by atoms with van der Waals surface area (Å²) in [6, 6.07) is 2.05. The highest BCUT2D eigenvalue weighted by atomic mass is 19.1. The minimum Gasteiger partial charge on any atom is -0.490 e. The molecule has 0 aliphatic rings. The van der Waals surface area contributed by atoms with Gasteiger partial charge >= 0.3 is 5.69 Å². The maximum atomic E-state index is 14.0. The molecular weight excluding hydrogens is 267 g/mol. The summed E-state index contributed by atoms with van der Waals surface area (Å²) in [7, 11) is 1.28. The molecule has 0 radical (unpaired) electrons. The first-order valence-corrected chi connectivity index (χ1v) is 6.34. The lowest BCUT2D eigenvalue weighted by Gasteiger charge is -2.32. The van der Waals surface area contributed by atoms with Crippen LogP contribution in [0.5, 0.6) is 5.75 Å². The van der Waals surface area contributed by atoms with E-state index in [2.05, 4.69) is 5.32 Å². The standard InChI is InChI=1S/C13H19FN2O4/c1-4-13(5-2,8-17)15-10-7-12(20-3)11(16(18)19)6-9(10)14/h6-7,15,17H,4-5,8H2,1-3H3. The third kappa shape index (κ3) is 3.16. The van der Waals surface area contributed by atoms with Crippen LogP contribution in [0.25, 0.3) is 0 Å². The summed E-state index contributed by atoms with van der Waals surface area (Å²) in [6.07, 6.45) is 1.16. The zero-order chi connectivity index (χ0) is 15.3. The van der Waals surface area contributed by atoms with Crippen LogP contribution in [0.1, 0.15) is 26.7 Å². The lowest BCUT2D eigenvalue weighted by Crippen LogP contribution is -2.41. The van der Waals surface area contributed by atoms with Crippen molar-refractivity contribution in [2.75, 3.05) is 19.0 Å². The maximum absolute atomic E-state index is 14.0. The Labute approximate surface area is 116 Å². The van der Waals surface area contributed by atoms with Crippen molar-refractivity contribution in [1.29, 1.82) is 0 Å². The monoisotopic (exact) mass is 286 g/mol. The molecule has 6 nitrogen and oxygen atoms in total. The number of nitrogens with zero attached hydrogens (tertiary/aromatic N) is 1. The SMILES string of the molecule is CCC(CC)(CO)Nc1cc(OC)c([N+](=O)[O-])cc1F. The van der Waals surface area contributed by atoms with Crippen LogP contribution in [0, 0.1) is 15.9 Å². The summed E-state index contributed by atoms with van der Waals surface area (Å²) in [5, 5.41) is 23.2. The molecule has 0 fully saturated rings. The predicted octanol–water partition coefficient (Wildman–Crippen LogP) is 2.71. The van der Waals surface area contributed by atoms with E-state index in [1.54, 1.807) is 0 Å². The summed E-state index contributed by atoms with van der Waals surface area (Å²) in [6.45, 7) is 3.57. The predicted molar refractivity (Wildman–Crippen MR) is 73.6 cm³/mol. The number of hydrogen-bond donors (Lipinski definition) is 2. The molecule has 0 saturated carbocycles. The van der Waals surface area contributed by atoms with Crippen molar-refractivity contribution in [3.8, 4) is 5.75 Å². The van der Waals surface area contributed by atoms with Gasteiger partial charge in [-0.1, -0.05) is 13.8 Å². The normalized spacial score (nSPS) is 11.2. The van der Waals surface area contributed by atoms with Gasteiger partial charge in [0.2, 0.25) is 0 Å². The van der Waals surface area contributed by atoms with Gasteiger partial charge in [0.25, 0.3) is 0 Å². The second kappa shape index (κ2) is 6.51. The van der Waals surface area contributed by atoms with E-state index in [9.17, 15) is 19.6 Å². The number of nitro benzene ring substituents is 1. The van der Waals surface area contributed by atoms with E-state index in [1.807, 2.05) is 13.8 Å². The third-order valence-electron chi connectivity index (χ3n) is 3.52. The lowest BCUT2D eigenvalue weighted by molar-refractivity contribution is -0.385. The number of aliphatic hydroxyl groups is 1. The molecule has 0 aliphatic heterocycles. The van der Waals surface area contributed by atoms with Gasteiger partial charge < -0.3 is 15.2 Å². The number of halogens is 1. The molecule has 2 N–H and O–H groups in total. The molecule has 0 atom stereocenters. The minimum absolute atomic E-state index is 0.0297. The highest BCUT2D eigenvalue weighted by Crippen LogP contribution is 2.34. The van der Waals surface area contributed by atoms with Gasteiger partial charge in [-0.05, 0) is 12.8 Å². The van der Waals surface area contributed by atoms with E-state index < -0.39 is 22.0 Å². The van der Waals surface area contributed by atoms with Crippen molar-refractivity contribution in [2.24, 2.45) is 0 Å². The van der Waals surface area contributed by atoms with Gasteiger partial charge in [0.05, 0.1) is 35.9 Å². The number of methoxy groups -OCH3 is 1. The van der Waals surface area contributed by atoms with E-state index >= 15 is 0 Å². The quantitative estimate of drug-likeness (QED) is 0.594. The lowest BCUT2D eigenvalue weighted by atomic mass is 9.93. The molecular formula is C13H19FN2O4. The molecule has 0 aliphatic carbocycles. The van der Waals surface area contributed by atoms with Gasteiger partial charge in [-0.2, -0.15) is 0 Å². The first-order chi connectivity index (χ1) is 9.42. The summed E-state index contributed by atoms with van der Waals surface area (Å²) in [5.74, 6) is -0.782. The minimum atomic E-state index is -0.753. The number of rotatable bonds is 7. The Bertz CT molecular complexity index is 481. The van der Waals surface area contributed by atoms with Gasteiger partial charge in [0, 0.05) is 6.07 Å². The second-order valence-corrected chi connectivity index (χ2v) is 4.53. The number of hydrogen-bond acceptors (Lipinski definition) is 5. The average molecular weight is 286 g/mol. The molecule has 0 heterocycles. The smallest absolute Gasteiger partial charge is 0.313 e. The zero-order valence-electron chi connectivity index (χ0n) is 11.8. The van der Waals surface area contributed by atoms with Crippen molar-refractivity contribution in [3.63, 3.8) is 0 Å². The van der Waals surface area contributed by atoms with Crippen LogP contribution in [-0.4, -0.2) is 29.3 Å². The van der Waals surface area contributed by atoms with E-state index in [-0.39, 0.29) is 18.0 Å². The molecule has 0 unspecified atom stereocenters. The van der Waals surface area contributed by atoms with Crippen LogP contribution in [0.4, 0.5) is 15.8 Å². The van der Waals surface area contributed by atoms with Gasteiger partial charge in [0.1, 0.15) is 0 Å². The largest absolute Gasteiger partial charge is 0.490 e. The fourth-order valence-electron chi connectivity index (χ4n) is 1.92. The molecule has 1 rings (SSSR count). The van der Waals surface area contributed by atoms with Crippen molar-refractivity contribution in [2.45, 2.75) is 32.2 Å². The Morgan fingerprint density at radius 1 is 1.45 bits per heavy atom. The maximum Gasteiger partial charge on any atom is 0.313 e. The molecule has 0 amide bonds. The van der Waals surface area contributed by atoms with Crippen LogP contribution in [-0.2, 0) is 0 Å².